The van der Waals surface area contributed by atoms with E-state index < -0.39 is 15.7 Å². The highest BCUT2D eigenvalue weighted by molar-refractivity contribution is 7.89. The zero-order valence-corrected chi connectivity index (χ0v) is 19.1. The SMILES string of the molecule is CCC(C)N1C(=O)C(CC(C)C)NC12CCN(S(=O)(=O)c1ccc(C)cc1)CC2. The number of nitrogens with one attached hydrogen (secondary N) is 1. The van der Waals surface area contributed by atoms with Crippen LogP contribution in [0.2, 0.25) is 0 Å². The summed E-state index contributed by atoms with van der Waals surface area (Å²) < 4.78 is 27.7. The lowest BCUT2D eigenvalue weighted by molar-refractivity contribution is -0.136. The Labute approximate surface area is 175 Å². The van der Waals surface area contributed by atoms with Gasteiger partial charge in [-0.05, 0) is 57.6 Å². The van der Waals surface area contributed by atoms with E-state index in [1.807, 2.05) is 24.0 Å². The zero-order valence-electron chi connectivity index (χ0n) is 18.3. The van der Waals surface area contributed by atoms with Crippen molar-refractivity contribution in [3.63, 3.8) is 0 Å². The Morgan fingerprint density at radius 2 is 1.72 bits per heavy atom. The zero-order chi connectivity index (χ0) is 21.4. The summed E-state index contributed by atoms with van der Waals surface area (Å²) in [4.78, 5) is 15.5. The Morgan fingerprint density at radius 3 is 2.24 bits per heavy atom. The van der Waals surface area contributed by atoms with E-state index in [0.29, 0.717) is 36.7 Å². The third kappa shape index (κ3) is 4.23. The number of hydrogen-bond acceptors (Lipinski definition) is 4. The average Bonchev–Trinajstić information content (AvgIpc) is 2.92. The van der Waals surface area contributed by atoms with Crippen LogP contribution in [-0.4, -0.2) is 54.4 Å². The summed E-state index contributed by atoms with van der Waals surface area (Å²) in [6.07, 6.45) is 2.92. The van der Waals surface area contributed by atoms with E-state index in [4.69, 9.17) is 0 Å². The van der Waals surface area contributed by atoms with Gasteiger partial charge in [-0.25, -0.2) is 8.42 Å². The summed E-state index contributed by atoms with van der Waals surface area (Å²) in [6.45, 7) is 11.2. The van der Waals surface area contributed by atoms with Gasteiger partial charge >= 0.3 is 0 Å². The second-order valence-corrected chi connectivity index (χ2v) is 11.0. The Bertz CT molecular complexity index is 827. The highest BCUT2D eigenvalue weighted by atomic mass is 32.2. The maximum Gasteiger partial charge on any atom is 0.243 e. The van der Waals surface area contributed by atoms with Crippen molar-refractivity contribution < 1.29 is 13.2 Å². The van der Waals surface area contributed by atoms with Gasteiger partial charge in [-0.1, -0.05) is 38.5 Å². The monoisotopic (exact) mass is 421 g/mol. The minimum atomic E-state index is -3.51. The largest absolute Gasteiger partial charge is 0.320 e. The molecule has 0 aromatic heterocycles. The summed E-state index contributed by atoms with van der Waals surface area (Å²) in [5, 5.41) is 3.63. The maximum absolute atomic E-state index is 13.2. The normalized spacial score (nSPS) is 23.9. The first-order chi connectivity index (χ1) is 13.6. The van der Waals surface area contributed by atoms with Crippen LogP contribution in [0.25, 0.3) is 0 Å². The van der Waals surface area contributed by atoms with Crippen LogP contribution in [0.4, 0.5) is 0 Å². The van der Waals surface area contributed by atoms with Gasteiger partial charge in [0.05, 0.1) is 16.6 Å². The highest BCUT2D eigenvalue weighted by Crippen LogP contribution is 2.37. The molecule has 1 spiro atoms. The van der Waals surface area contributed by atoms with Gasteiger partial charge in [0, 0.05) is 19.1 Å². The maximum atomic E-state index is 13.2. The van der Waals surface area contributed by atoms with E-state index in [0.717, 1.165) is 18.4 Å². The fraction of sp³-hybridized carbons (Fsp3) is 0.682. The molecule has 2 saturated heterocycles. The molecule has 7 heteroatoms. The van der Waals surface area contributed by atoms with Crippen molar-refractivity contribution in [2.75, 3.05) is 13.1 Å². The molecule has 0 bridgehead atoms. The molecule has 162 valence electrons. The van der Waals surface area contributed by atoms with Gasteiger partial charge in [-0.15, -0.1) is 0 Å². The molecule has 29 heavy (non-hydrogen) atoms. The highest BCUT2D eigenvalue weighted by Gasteiger charge is 2.53. The molecule has 2 aliphatic heterocycles. The molecule has 2 unspecified atom stereocenters. The molecule has 0 saturated carbocycles. The minimum Gasteiger partial charge on any atom is -0.320 e. The summed E-state index contributed by atoms with van der Waals surface area (Å²) in [6, 6.07) is 6.97. The van der Waals surface area contributed by atoms with Crippen LogP contribution in [-0.2, 0) is 14.8 Å². The van der Waals surface area contributed by atoms with Gasteiger partial charge in [0.15, 0.2) is 0 Å². The van der Waals surface area contributed by atoms with Crippen molar-refractivity contribution >= 4 is 15.9 Å². The molecule has 0 aliphatic carbocycles. The smallest absolute Gasteiger partial charge is 0.243 e. The number of amides is 1. The van der Waals surface area contributed by atoms with Crippen molar-refractivity contribution in [3.8, 4) is 0 Å². The number of hydrogen-bond donors (Lipinski definition) is 1. The third-order valence-corrected chi connectivity index (χ3v) is 8.30. The van der Waals surface area contributed by atoms with Gasteiger partial charge in [0.2, 0.25) is 15.9 Å². The van der Waals surface area contributed by atoms with Crippen molar-refractivity contribution in [2.45, 2.75) is 82.9 Å². The van der Waals surface area contributed by atoms with Gasteiger partial charge in [-0.3, -0.25) is 10.1 Å². The standard InChI is InChI=1S/C22H35N3O3S/c1-6-18(5)25-21(26)20(15-16(2)3)23-22(25)11-13-24(14-12-22)29(27,28)19-9-7-17(4)8-10-19/h7-10,16,18,20,23H,6,11-15H2,1-5H3. The molecule has 2 atom stereocenters. The fourth-order valence-corrected chi connectivity index (χ4v) is 6.07. The van der Waals surface area contributed by atoms with E-state index in [1.54, 1.807) is 16.4 Å². The Morgan fingerprint density at radius 1 is 1.14 bits per heavy atom. The molecular weight excluding hydrogens is 386 g/mol. The minimum absolute atomic E-state index is 0.132. The number of nitrogens with zero attached hydrogens (tertiary/aromatic N) is 2. The number of piperidine rings is 1. The Balaban J connectivity index is 1.80. The summed E-state index contributed by atoms with van der Waals surface area (Å²) in [5.74, 6) is 0.593. The number of benzene rings is 1. The van der Waals surface area contributed by atoms with Crippen molar-refractivity contribution in [2.24, 2.45) is 5.92 Å². The lowest BCUT2D eigenvalue weighted by atomic mass is 9.95. The van der Waals surface area contributed by atoms with Crippen LogP contribution in [0.3, 0.4) is 0 Å². The number of carbonyl (C=O) groups is 1. The Kier molecular flexibility index (Phi) is 6.41. The topological polar surface area (TPSA) is 69.7 Å². The summed E-state index contributed by atoms with van der Waals surface area (Å²) in [7, 11) is -3.51. The Hall–Kier alpha value is -1.44. The second-order valence-electron chi connectivity index (χ2n) is 9.04. The molecule has 3 rings (SSSR count). The van der Waals surface area contributed by atoms with Crippen LogP contribution >= 0.6 is 0 Å². The number of sulfonamides is 1. The molecule has 6 nitrogen and oxygen atoms in total. The molecule has 2 heterocycles. The third-order valence-electron chi connectivity index (χ3n) is 6.39. The number of aryl methyl sites for hydroxylation is 1. The van der Waals surface area contributed by atoms with Gasteiger partial charge in [0.25, 0.3) is 0 Å². The molecule has 2 fully saturated rings. The van der Waals surface area contributed by atoms with Crippen LogP contribution in [0, 0.1) is 12.8 Å². The first-order valence-electron chi connectivity index (χ1n) is 10.8. The lowest BCUT2D eigenvalue weighted by Gasteiger charge is -2.46. The van der Waals surface area contributed by atoms with Gasteiger partial charge in [-0.2, -0.15) is 4.31 Å². The molecule has 1 aromatic rings. The second kappa shape index (κ2) is 8.36. The molecule has 1 aromatic carbocycles. The van der Waals surface area contributed by atoms with Crippen LogP contribution in [0.15, 0.2) is 29.2 Å². The predicted octanol–water partition coefficient (Wildman–Crippen LogP) is 3.12. The first-order valence-corrected chi connectivity index (χ1v) is 12.2. The van der Waals surface area contributed by atoms with Gasteiger partial charge < -0.3 is 4.90 Å². The van der Waals surface area contributed by atoms with Crippen LogP contribution < -0.4 is 5.32 Å². The van der Waals surface area contributed by atoms with E-state index in [9.17, 15) is 13.2 Å². The van der Waals surface area contributed by atoms with E-state index in [-0.39, 0.29) is 18.0 Å². The van der Waals surface area contributed by atoms with Crippen molar-refractivity contribution in [1.82, 2.24) is 14.5 Å². The quantitative estimate of drug-likeness (QED) is 0.766. The predicted molar refractivity (Wildman–Crippen MR) is 115 cm³/mol. The first kappa shape index (κ1) is 22.2. The molecule has 2 aliphatic rings. The van der Waals surface area contributed by atoms with Gasteiger partial charge in [0.1, 0.15) is 0 Å². The molecular formula is C22H35N3O3S. The van der Waals surface area contributed by atoms with Crippen molar-refractivity contribution in [3.05, 3.63) is 29.8 Å². The van der Waals surface area contributed by atoms with Crippen LogP contribution in [0.5, 0.6) is 0 Å². The molecule has 0 radical (unpaired) electrons. The summed E-state index contributed by atoms with van der Waals surface area (Å²) in [5.41, 5.74) is 0.598. The fourth-order valence-electron chi connectivity index (χ4n) is 4.63. The summed E-state index contributed by atoms with van der Waals surface area (Å²) >= 11 is 0. The lowest BCUT2D eigenvalue weighted by Crippen LogP contribution is -2.61. The van der Waals surface area contributed by atoms with E-state index in [2.05, 4.69) is 33.0 Å². The van der Waals surface area contributed by atoms with E-state index >= 15 is 0 Å². The molecule has 1 N–H and O–H groups in total. The van der Waals surface area contributed by atoms with Crippen LogP contribution in [0.1, 0.15) is 58.9 Å². The molecule has 1 amide bonds. The van der Waals surface area contributed by atoms with E-state index in [1.165, 1.54) is 0 Å². The average molecular weight is 422 g/mol. The van der Waals surface area contributed by atoms with Crippen molar-refractivity contribution in [1.29, 1.82) is 0 Å². The number of carbonyl (C=O) groups excluding carboxylic acids is 1. The number of rotatable bonds is 6.